The fraction of sp³-hybridized carbons (Fsp3) is 0.538. The number of imidazole rings is 1. The van der Waals surface area contributed by atoms with Crippen LogP contribution in [0.1, 0.15) is 50.9 Å². The molecule has 0 bridgehead atoms. The average molecular weight is 230 g/mol. The SMILES string of the molecule is CC(C)n1c(C2CCC2)nc2c(N)ccnc21. The maximum absolute atomic E-state index is 5.98. The van der Waals surface area contributed by atoms with E-state index in [0.717, 1.165) is 16.9 Å². The van der Waals surface area contributed by atoms with Crippen LogP contribution in [-0.2, 0) is 0 Å². The number of hydrogen-bond acceptors (Lipinski definition) is 3. The van der Waals surface area contributed by atoms with Gasteiger partial charge in [-0.1, -0.05) is 6.42 Å². The average Bonchev–Trinajstić information content (AvgIpc) is 2.55. The summed E-state index contributed by atoms with van der Waals surface area (Å²) in [7, 11) is 0. The molecule has 1 fully saturated rings. The van der Waals surface area contributed by atoms with Crippen LogP contribution in [0.25, 0.3) is 11.2 Å². The van der Waals surface area contributed by atoms with Gasteiger partial charge in [-0.3, -0.25) is 0 Å². The van der Waals surface area contributed by atoms with Gasteiger partial charge in [0.25, 0.3) is 0 Å². The van der Waals surface area contributed by atoms with Crippen LogP contribution in [0, 0.1) is 0 Å². The van der Waals surface area contributed by atoms with Gasteiger partial charge in [0.2, 0.25) is 0 Å². The number of nitrogen functional groups attached to an aromatic ring is 1. The van der Waals surface area contributed by atoms with Crippen molar-refractivity contribution in [3.63, 3.8) is 0 Å². The third-order valence-corrected chi connectivity index (χ3v) is 3.62. The molecule has 0 spiro atoms. The molecule has 0 aliphatic heterocycles. The van der Waals surface area contributed by atoms with Gasteiger partial charge >= 0.3 is 0 Å². The van der Waals surface area contributed by atoms with Crippen molar-refractivity contribution in [1.29, 1.82) is 0 Å². The molecular weight excluding hydrogens is 212 g/mol. The standard InChI is InChI=1S/C13H18N4/c1-8(2)17-12(9-4-3-5-9)16-11-10(14)6-7-15-13(11)17/h6-9H,3-5H2,1-2H3,(H2,14,15). The summed E-state index contributed by atoms with van der Waals surface area (Å²) in [5, 5.41) is 0. The normalized spacial score (nSPS) is 16.6. The Balaban J connectivity index is 2.26. The van der Waals surface area contributed by atoms with Gasteiger partial charge in [0.15, 0.2) is 5.65 Å². The Hall–Kier alpha value is -1.58. The Morgan fingerprint density at radius 3 is 2.76 bits per heavy atom. The van der Waals surface area contributed by atoms with Gasteiger partial charge in [0, 0.05) is 18.2 Å². The highest BCUT2D eigenvalue weighted by molar-refractivity contribution is 5.84. The molecule has 0 saturated heterocycles. The van der Waals surface area contributed by atoms with Crippen molar-refractivity contribution < 1.29 is 0 Å². The predicted octanol–water partition coefficient (Wildman–Crippen LogP) is 2.86. The third-order valence-electron chi connectivity index (χ3n) is 3.62. The van der Waals surface area contributed by atoms with Gasteiger partial charge in [-0.15, -0.1) is 0 Å². The van der Waals surface area contributed by atoms with Crippen molar-refractivity contribution in [2.24, 2.45) is 0 Å². The number of anilines is 1. The highest BCUT2D eigenvalue weighted by atomic mass is 15.2. The van der Waals surface area contributed by atoms with Crippen LogP contribution in [0.2, 0.25) is 0 Å². The third kappa shape index (κ3) is 1.51. The van der Waals surface area contributed by atoms with Crippen molar-refractivity contribution in [2.45, 2.75) is 45.1 Å². The zero-order valence-corrected chi connectivity index (χ0v) is 10.3. The monoisotopic (exact) mass is 230 g/mol. The quantitative estimate of drug-likeness (QED) is 0.863. The molecule has 0 unspecified atom stereocenters. The first-order valence-electron chi connectivity index (χ1n) is 6.30. The molecular formula is C13H18N4. The summed E-state index contributed by atoms with van der Waals surface area (Å²) >= 11 is 0. The van der Waals surface area contributed by atoms with Gasteiger partial charge in [-0.25, -0.2) is 9.97 Å². The van der Waals surface area contributed by atoms with E-state index < -0.39 is 0 Å². The Kier molecular flexibility index (Phi) is 2.31. The molecule has 0 radical (unpaired) electrons. The van der Waals surface area contributed by atoms with Crippen molar-refractivity contribution in [3.8, 4) is 0 Å². The van der Waals surface area contributed by atoms with E-state index in [1.54, 1.807) is 6.20 Å². The lowest BCUT2D eigenvalue weighted by Gasteiger charge is -2.26. The highest BCUT2D eigenvalue weighted by Gasteiger charge is 2.27. The molecule has 17 heavy (non-hydrogen) atoms. The maximum atomic E-state index is 5.98. The second-order valence-electron chi connectivity index (χ2n) is 5.13. The summed E-state index contributed by atoms with van der Waals surface area (Å²) < 4.78 is 2.25. The molecule has 4 heteroatoms. The van der Waals surface area contributed by atoms with Gasteiger partial charge in [-0.05, 0) is 32.8 Å². The molecule has 1 saturated carbocycles. The van der Waals surface area contributed by atoms with E-state index >= 15 is 0 Å². The van der Waals surface area contributed by atoms with E-state index in [0.29, 0.717) is 12.0 Å². The summed E-state index contributed by atoms with van der Waals surface area (Å²) in [6, 6.07) is 2.20. The fourth-order valence-corrected chi connectivity index (χ4v) is 2.49. The zero-order valence-electron chi connectivity index (χ0n) is 10.3. The molecule has 0 atom stereocenters. The van der Waals surface area contributed by atoms with E-state index in [1.165, 1.54) is 25.1 Å². The molecule has 0 amide bonds. The summed E-state index contributed by atoms with van der Waals surface area (Å²) in [4.78, 5) is 9.18. The van der Waals surface area contributed by atoms with E-state index in [1.807, 2.05) is 6.07 Å². The number of pyridine rings is 1. The summed E-state index contributed by atoms with van der Waals surface area (Å²) in [6.07, 6.45) is 5.57. The van der Waals surface area contributed by atoms with Gasteiger partial charge in [0.05, 0.1) is 5.69 Å². The van der Waals surface area contributed by atoms with Crippen LogP contribution >= 0.6 is 0 Å². The van der Waals surface area contributed by atoms with E-state index in [2.05, 4.69) is 23.4 Å². The van der Waals surface area contributed by atoms with Crippen LogP contribution in [0.4, 0.5) is 5.69 Å². The minimum absolute atomic E-state index is 0.380. The Bertz CT molecular complexity index is 552. The lowest BCUT2D eigenvalue weighted by atomic mass is 9.84. The Labute approximate surface area is 101 Å². The summed E-state index contributed by atoms with van der Waals surface area (Å²) in [5.41, 5.74) is 8.51. The first kappa shape index (κ1) is 10.6. The van der Waals surface area contributed by atoms with Gasteiger partial charge in [-0.2, -0.15) is 0 Å². The molecule has 1 aliphatic rings. The highest BCUT2D eigenvalue weighted by Crippen LogP contribution is 2.38. The number of hydrogen-bond donors (Lipinski definition) is 1. The lowest BCUT2D eigenvalue weighted by Crippen LogP contribution is -2.16. The lowest BCUT2D eigenvalue weighted by molar-refractivity contribution is 0.381. The minimum atomic E-state index is 0.380. The molecule has 2 aromatic heterocycles. The summed E-state index contributed by atoms with van der Waals surface area (Å²) in [5.74, 6) is 1.78. The first-order valence-corrected chi connectivity index (χ1v) is 6.30. The summed E-state index contributed by atoms with van der Waals surface area (Å²) in [6.45, 7) is 4.35. The molecule has 3 rings (SSSR count). The second kappa shape index (κ2) is 3.72. The molecule has 4 nitrogen and oxygen atoms in total. The van der Waals surface area contributed by atoms with Crippen LogP contribution in [0.3, 0.4) is 0 Å². The van der Waals surface area contributed by atoms with Gasteiger partial charge < -0.3 is 10.3 Å². The molecule has 1 aliphatic carbocycles. The van der Waals surface area contributed by atoms with E-state index in [4.69, 9.17) is 10.7 Å². The second-order valence-corrected chi connectivity index (χ2v) is 5.13. The van der Waals surface area contributed by atoms with Crippen LogP contribution < -0.4 is 5.73 Å². The maximum Gasteiger partial charge on any atom is 0.162 e. The van der Waals surface area contributed by atoms with Crippen LogP contribution in [-0.4, -0.2) is 14.5 Å². The van der Waals surface area contributed by atoms with Crippen molar-refractivity contribution in [3.05, 3.63) is 18.1 Å². The van der Waals surface area contributed by atoms with Gasteiger partial charge in [0.1, 0.15) is 11.3 Å². The van der Waals surface area contributed by atoms with Crippen molar-refractivity contribution in [1.82, 2.24) is 14.5 Å². The predicted molar refractivity (Wildman–Crippen MR) is 68.9 cm³/mol. The molecule has 2 N–H and O–H groups in total. The molecule has 2 heterocycles. The molecule has 0 aromatic carbocycles. The number of aromatic nitrogens is 3. The number of nitrogens with two attached hydrogens (primary N) is 1. The zero-order chi connectivity index (χ0) is 12.0. The smallest absolute Gasteiger partial charge is 0.162 e. The van der Waals surface area contributed by atoms with E-state index in [-0.39, 0.29) is 0 Å². The topological polar surface area (TPSA) is 56.7 Å². The number of nitrogens with zero attached hydrogens (tertiary/aromatic N) is 3. The van der Waals surface area contributed by atoms with Crippen LogP contribution in [0.15, 0.2) is 12.3 Å². The molecule has 2 aromatic rings. The minimum Gasteiger partial charge on any atom is -0.397 e. The molecule has 90 valence electrons. The number of rotatable bonds is 2. The Morgan fingerprint density at radius 1 is 1.41 bits per heavy atom. The van der Waals surface area contributed by atoms with Crippen molar-refractivity contribution in [2.75, 3.05) is 5.73 Å². The van der Waals surface area contributed by atoms with Crippen molar-refractivity contribution >= 4 is 16.9 Å². The Morgan fingerprint density at radius 2 is 2.18 bits per heavy atom. The fourth-order valence-electron chi connectivity index (χ4n) is 2.49. The largest absolute Gasteiger partial charge is 0.397 e. The number of fused-ring (bicyclic) bond motifs is 1. The first-order chi connectivity index (χ1) is 8.18. The van der Waals surface area contributed by atoms with E-state index in [9.17, 15) is 0 Å². The van der Waals surface area contributed by atoms with Crippen LogP contribution in [0.5, 0.6) is 0 Å².